The lowest BCUT2D eigenvalue weighted by Gasteiger charge is -2.18. The summed E-state index contributed by atoms with van der Waals surface area (Å²) in [5.41, 5.74) is 0.991. The average molecular weight is 367 g/mol. The molecule has 0 heterocycles. The fraction of sp³-hybridized carbons (Fsp3) is 0.556. The Bertz CT molecular complexity index is 643. The zero-order valence-electron chi connectivity index (χ0n) is 15.6. The Kier molecular flexibility index (Phi) is 9.11. The number of aryl methyl sites for hydroxylation is 1. The van der Waals surface area contributed by atoms with Crippen LogP contribution in [0.25, 0.3) is 0 Å². The number of hydrogen-bond donors (Lipinski definition) is 0. The molecule has 1 rings (SSSR count). The molecule has 144 valence electrons. The van der Waals surface area contributed by atoms with Gasteiger partial charge >= 0.3 is 12.3 Å². The van der Waals surface area contributed by atoms with Gasteiger partial charge in [0.15, 0.2) is 11.4 Å². The molecule has 0 aliphatic heterocycles. The third kappa shape index (κ3) is 5.72. The number of nitroso groups, excluding NO2 is 1. The lowest BCUT2D eigenvalue weighted by molar-refractivity contribution is 0.102. The van der Waals surface area contributed by atoms with Gasteiger partial charge in [-0.05, 0) is 43.5 Å². The number of ether oxygens (including phenoxy) is 4. The summed E-state index contributed by atoms with van der Waals surface area (Å²) in [7, 11) is 0. The minimum absolute atomic E-state index is 0.0406. The minimum Gasteiger partial charge on any atom is -0.434 e. The lowest BCUT2D eigenvalue weighted by atomic mass is 9.99. The minimum atomic E-state index is -0.958. The van der Waals surface area contributed by atoms with Crippen LogP contribution in [0.5, 0.6) is 11.5 Å². The summed E-state index contributed by atoms with van der Waals surface area (Å²) in [6.45, 7) is 7.42. The van der Waals surface area contributed by atoms with Gasteiger partial charge in [-0.3, -0.25) is 0 Å². The van der Waals surface area contributed by atoms with E-state index in [2.05, 4.69) is 5.18 Å². The molecule has 0 saturated heterocycles. The third-order valence-corrected chi connectivity index (χ3v) is 3.40. The van der Waals surface area contributed by atoms with Crippen molar-refractivity contribution in [3.05, 3.63) is 22.1 Å². The first-order valence-corrected chi connectivity index (χ1v) is 8.73. The molecule has 0 saturated carbocycles. The summed E-state index contributed by atoms with van der Waals surface area (Å²) in [5, 5.41) is 2.97. The number of hydrogen-bond acceptors (Lipinski definition) is 8. The van der Waals surface area contributed by atoms with Gasteiger partial charge < -0.3 is 18.9 Å². The van der Waals surface area contributed by atoms with Gasteiger partial charge in [0.05, 0.1) is 13.2 Å². The molecule has 0 aliphatic rings. The van der Waals surface area contributed by atoms with E-state index in [-0.39, 0.29) is 30.4 Å². The maximum absolute atomic E-state index is 11.9. The molecule has 0 N–H and O–H groups in total. The predicted octanol–water partition coefficient (Wildman–Crippen LogP) is 5.06. The van der Waals surface area contributed by atoms with Crippen LogP contribution in [-0.4, -0.2) is 25.5 Å². The molecule has 0 aliphatic carbocycles. The van der Waals surface area contributed by atoms with Crippen molar-refractivity contribution in [2.24, 2.45) is 5.18 Å². The van der Waals surface area contributed by atoms with Crippen molar-refractivity contribution >= 4 is 18.0 Å². The van der Waals surface area contributed by atoms with Crippen molar-refractivity contribution in [1.82, 2.24) is 0 Å². The fourth-order valence-corrected chi connectivity index (χ4v) is 2.45. The molecule has 0 aromatic heterocycles. The first-order chi connectivity index (χ1) is 12.5. The largest absolute Gasteiger partial charge is 0.513 e. The highest BCUT2D eigenvalue weighted by Crippen LogP contribution is 2.42. The Labute approximate surface area is 152 Å². The molecule has 0 unspecified atom stereocenters. The molecule has 0 spiro atoms. The maximum atomic E-state index is 11.9. The number of benzene rings is 1. The van der Waals surface area contributed by atoms with Crippen LogP contribution in [0.4, 0.5) is 15.3 Å². The van der Waals surface area contributed by atoms with Crippen LogP contribution in [0.3, 0.4) is 0 Å². The summed E-state index contributed by atoms with van der Waals surface area (Å²) in [6, 6.07) is 1.46. The fourth-order valence-electron chi connectivity index (χ4n) is 2.45. The van der Waals surface area contributed by atoms with Gasteiger partial charge in [0.1, 0.15) is 5.75 Å². The molecule has 0 radical (unpaired) electrons. The summed E-state index contributed by atoms with van der Waals surface area (Å²) < 4.78 is 20.2. The SMILES string of the molecule is CCCc1cc(N=O)c(OC(=O)OCC)c(CCC)c1OC(=O)OCC. The van der Waals surface area contributed by atoms with Crippen LogP contribution in [0, 0.1) is 4.91 Å². The van der Waals surface area contributed by atoms with E-state index in [1.807, 2.05) is 13.8 Å². The van der Waals surface area contributed by atoms with Crippen LogP contribution in [0.15, 0.2) is 11.2 Å². The van der Waals surface area contributed by atoms with Crippen LogP contribution >= 0.6 is 0 Å². The van der Waals surface area contributed by atoms with Gasteiger partial charge in [-0.15, -0.1) is 4.91 Å². The second-order valence-electron chi connectivity index (χ2n) is 5.35. The Morgan fingerprint density at radius 2 is 1.42 bits per heavy atom. The van der Waals surface area contributed by atoms with E-state index >= 15 is 0 Å². The van der Waals surface area contributed by atoms with Crippen molar-refractivity contribution in [1.29, 1.82) is 0 Å². The van der Waals surface area contributed by atoms with Crippen molar-refractivity contribution in [2.75, 3.05) is 13.2 Å². The molecule has 0 atom stereocenters. The Morgan fingerprint density at radius 3 is 1.88 bits per heavy atom. The normalized spacial score (nSPS) is 10.2. The lowest BCUT2D eigenvalue weighted by Crippen LogP contribution is -2.16. The monoisotopic (exact) mass is 367 g/mol. The smallest absolute Gasteiger partial charge is 0.434 e. The van der Waals surface area contributed by atoms with Gasteiger partial charge in [-0.2, -0.15) is 0 Å². The molecule has 8 heteroatoms. The quantitative estimate of drug-likeness (QED) is 0.341. The van der Waals surface area contributed by atoms with Crippen molar-refractivity contribution in [3.8, 4) is 11.5 Å². The first-order valence-electron chi connectivity index (χ1n) is 8.73. The van der Waals surface area contributed by atoms with E-state index in [1.54, 1.807) is 13.8 Å². The predicted molar refractivity (Wildman–Crippen MR) is 95.2 cm³/mol. The van der Waals surface area contributed by atoms with Gasteiger partial charge in [0.25, 0.3) is 0 Å². The van der Waals surface area contributed by atoms with Crippen LogP contribution in [0.2, 0.25) is 0 Å². The van der Waals surface area contributed by atoms with Crippen LogP contribution < -0.4 is 9.47 Å². The van der Waals surface area contributed by atoms with Crippen molar-refractivity contribution in [2.45, 2.75) is 53.4 Å². The zero-order valence-corrected chi connectivity index (χ0v) is 15.6. The van der Waals surface area contributed by atoms with Crippen LogP contribution in [0.1, 0.15) is 51.7 Å². The first kappa shape index (κ1) is 21.4. The highest BCUT2D eigenvalue weighted by atomic mass is 16.7. The van der Waals surface area contributed by atoms with E-state index in [4.69, 9.17) is 18.9 Å². The molecule has 0 fully saturated rings. The molecule has 26 heavy (non-hydrogen) atoms. The number of carbonyl (C=O) groups is 2. The van der Waals surface area contributed by atoms with Gasteiger partial charge in [0, 0.05) is 5.56 Å². The molecule has 8 nitrogen and oxygen atoms in total. The van der Waals surface area contributed by atoms with Gasteiger partial charge in [-0.1, -0.05) is 26.7 Å². The second-order valence-corrected chi connectivity index (χ2v) is 5.35. The highest BCUT2D eigenvalue weighted by molar-refractivity contribution is 5.74. The summed E-state index contributed by atoms with van der Waals surface area (Å²) in [5.74, 6) is 0.179. The topological polar surface area (TPSA) is 100 Å². The number of carbonyl (C=O) groups excluding carboxylic acids is 2. The van der Waals surface area contributed by atoms with Gasteiger partial charge in [0.2, 0.25) is 0 Å². The van der Waals surface area contributed by atoms with Gasteiger partial charge in [-0.25, -0.2) is 9.59 Å². The van der Waals surface area contributed by atoms with Crippen molar-refractivity contribution in [3.63, 3.8) is 0 Å². The van der Waals surface area contributed by atoms with E-state index in [9.17, 15) is 14.5 Å². The Balaban J connectivity index is 3.51. The summed E-state index contributed by atoms with van der Waals surface area (Å²) in [4.78, 5) is 34.9. The maximum Gasteiger partial charge on any atom is 0.513 e. The average Bonchev–Trinajstić information content (AvgIpc) is 2.60. The third-order valence-electron chi connectivity index (χ3n) is 3.40. The van der Waals surface area contributed by atoms with Crippen LogP contribution in [-0.2, 0) is 22.3 Å². The van der Waals surface area contributed by atoms with E-state index in [0.717, 1.165) is 6.42 Å². The standard InChI is InChI=1S/C18H25NO7/c1-5-9-12-11-14(19-22)16(26-18(21)24-8-4)13(10-6-2)15(12)25-17(20)23-7-3/h11H,5-10H2,1-4H3. The molecule has 1 aromatic rings. The highest BCUT2D eigenvalue weighted by Gasteiger charge is 2.25. The zero-order chi connectivity index (χ0) is 19.5. The van der Waals surface area contributed by atoms with E-state index in [1.165, 1.54) is 6.07 Å². The molecule has 1 aromatic carbocycles. The number of rotatable bonds is 9. The summed E-state index contributed by atoms with van der Waals surface area (Å²) >= 11 is 0. The van der Waals surface area contributed by atoms with Crippen molar-refractivity contribution < 1.29 is 28.5 Å². The van der Waals surface area contributed by atoms with E-state index < -0.39 is 12.3 Å². The molecular formula is C18H25NO7. The molecular weight excluding hydrogens is 342 g/mol. The molecule has 0 bridgehead atoms. The Morgan fingerprint density at radius 1 is 0.885 bits per heavy atom. The van der Waals surface area contributed by atoms with E-state index in [0.29, 0.717) is 30.4 Å². The number of nitrogens with zero attached hydrogens (tertiary/aromatic N) is 1. The second kappa shape index (κ2) is 11.1. The summed E-state index contributed by atoms with van der Waals surface area (Å²) in [6.07, 6.45) is 0.543. The molecule has 0 amide bonds. The Hall–Kier alpha value is -2.64.